The van der Waals surface area contributed by atoms with Crippen LogP contribution in [0.2, 0.25) is 0 Å². The zero-order chi connectivity index (χ0) is 15.5. The highest BCUT2D eigenvalue weighted by Gasteiger charge is 1.98. The Balaban J connectivity index is 1.71. The van der Waals surface area contributed by atoms with Crippen LogP contribution >= 0.6 is 0 Å². The summed E-state index contributed by atoms with van der Waals surface area (Å²) in [5.74, 6) is 0.531. The molecule has 0 saturated heterocycles. The standard InChI is InChI=1S/C16H20N6/c17-12-21-16(19-9-4-7-15-11-18-13-22-15)20-10-8-14-5-2-1-3-6-14/h1-3,5-6,11,13H,4,7-10H2,(H,18,22)(H2,19,20,21). The molecule has 0 unspecified atom stereocenters. The lowest BCUT2D eigenvalue weighted by Gasteiger charge is -2.08. The van der Waals surface area contributed by atoms with Crippen molar-refractivity contribution >= 4 is 5.96 Å². The maximum absolute atomic E-state index is 8.76. The van der Waals surface area contributed by atoms with E-state index < -0.39 is 0 Å². The van der Waals surface area contributed by atoms with Gasteiger partial charge < -0.3 is 10.3 Å². The summed E-state index contributed by atoms with van der Waals surface area (Å²) < 4.78 is 0. The van der Waals surface area contributed by atoms with Gasteiger partial charge in [0.05, 0.1) is 6.33 Å². The highest BCUT2D eigenvalue weighted by Crippen LogP contribution is 1.98. The van der Waals surface area contributed by atoms with E-state index in [1.54, 1.807) is 6.33 Å². The van der Waals surface area contributed by atoms with Crippen molar-refractivity contribution in [3.63, 3.8) is 0 Å². The Morgan fingerprint density at radius 1 is 1.27 bits per heavy atom. The van der Waals surface area contributed by atoms with Crippen molar-refractivity contribution in [2.45, 2.75) is 19.3 Å². The van der Waals surface area contributed by atoms with Gasteiger partial charge in [-0.2, -0.15) is 5.26 Å². The normalized spacial score (nSPS) is 11.0. The number of nitrogens with zero attached hydrogens (tertiary/aromatic N) is 3. The number of H-pyrrole nitrogens is 1. The van der Waals surface area contributed by atoms with Crippen molar-refractivity contribution < 1.29 is 0 Å². The first-order chi connectivity index (χ1) is 10.9. The van der Waals surface area contributed by atoms with E-state index in [1.807, 2.05) is 30.6 Å². The molecule has 0 saturated carbocycles. The number of imidazole rings is 1. The average molecular weight is 296 g/mol. The number of aliphatic imine (C=N–C) groups is 1. The fourth-order valence-corrected chi connectivity index (χ4v) is 2.04. The molecule has 0 aliphatic carbocycles. The number of hydrogen-bond acceptors (Lipinski definition) is 3. The largest absolute Gasteiger partial charge is 0.355 e. The molecule has 3 N–H and O–H groups in total. The van der Waals surface area contributed by atoms with E-state index in [4.69, 9.17) is 5.26 Å². The zero-order valence-corrected chi connectivity index (χ0v) is 12.4. The van der Waals surface area contributed by atoms with Crippen LogP contribution in [0.4, 0.5) is 0 Å². The van der Waals surface area contributed by atoms with Crippen molar-refractivity contribution in [3.05, 3.63) is 54.1 Å². The van der Waals surface area contributed by atoms with Gasteiger partial charge in [-0.1, -0.05) is 30.3 Å². The number of benzene rings is 1. The maximum Gasteiger partial charge on any atom is 0.204 e. The molecule has 2 aromatic rings. The lowest BCUT2D eigenvalue weighted by Crippen LogP contribution is -2.36. The van der Waals surface area contributed by atoms with Crippen LogP contribution in [0.5, 0.6) is 0 Å². The molecule has 2 rings (SSSR count). The van der Waals surface area contributed by atoms with E-state index in [0.717, 1.165) is 31.5 Å². The second-order valence-electron chi connectivity index (χ2n) is 4.81. The van der Waals surface area contributed by atoms with Crippen LogP contribution < -0.4 is 10.6 Å². The van der Waals surface area contributed by atoms with Crippen LogP contribution in [0.15, 0.2) is 47.8 Å². The van der Waals surface area contributed by atoms with Gasteiger partial charge in [-0.3, -0.25) is 10.3 Å². The third kappa shape index (κ3) is 5.67. The number of aromatic amines is 1. The van der Waals surface area contributed by atoms with Gasteiger partial charge in [0.25, 0.3) is 0 Å². The van der Waals surface area contributed by atoms with E-state index in [-0.39, 0.29) is 0 Å². The molecule has 114 valence electrons. The fourth-order valence-electron chi connectivity index (χ4n) is 2.04. The van der Waals surface area contributed by atoms with Crippen LogP contribution in [0, 0.1) is 11.5 Å². The van der Waals surface area contributed by atoms with Crippen molar-refractivity contribution in [1.29, 1.82) is 5.26 Å². The second kappa shape index (κ2) is 9.19. The van der Waals surface area contributed by atoms with Gasteiger partial charge in [0.15, 0.2) is 6.19 Å². The van der Waals surface area contributed by atoms with Gasteiger partial charge in [-0.15, -0.1) is 0 Å². The molecule has 0 bridgehead atoms. The molecule has 0 aliphatic heterocycles. The number of rotatable bonds is 7. The summed E-state index contributed by atoms with van der Waals surface area (Å²) in [5, 5.41) is 14.5. The van der Waals surface area contributed by atoms with Gasteiger partial charge >= 0.3 is 0 Å². The summed E-state index contributed by atoms with van der Waals surface area (Å²) in [7, 11) is 0. The average Bonchev–Trinajstić information content (AvgIpc) is 3.06. The predicted octanol–water partition coefficient (Wildman–Crippen LogP) is 1.60. The van der Waals surface area contributed by atoms with E-state index in [9.17, 15) is 0 Å². The molecule has 1 aromatic heterocycles. The van der Waals surface area contributed by atoms with Gasteiger partial charge in [-0.05, 0) is 24.8 Å². The third-order valence-corrected chi connectivity index (χ3v) is 3.15. The second-order valence-corrected chi connectivity index (χ2v) is 4.81. The first-order valence-electron chi connectivity index (χ1n) is 7.33. The summed E-state index contributed by atoms with van der Waals surface area (Å²) in [5.41, 5.74) is 2.35. The Morgan fingerprint density at radius 2 is 2.14 bits per heavy atom. The van der Waals surface area contributed by atoms with Gasteiger partial charge in [0.1, 0.15) is 0 Å². The van der Waals surface area contributed by atoms with Crippen LogP contribution in [-0.2, 0) is 12.8 Å². The molecule has 0 radical (unpaired) electrons. The SMILES string of the molecule is N#CNC(=NCCCc1cnc[nH]1)NCCc1ccccc1. The zero-order valence-electron chi connectivity index (χ0n) is 12.4. The number of aryl methyl sites for hydroxylation is 1. The lowest BCUT2D eigenvalue weighted by molar-refractivity contribution is 0.790. The van der Waals surface area contributed by atoms with Crippen molar-refractivity contribution in [3.8, 4) is 6.19 Å². The van der Waals surface area contributed by atoms with Crippen LogP contribution in [0.1, 0.15) is 17.7 Å². The van der Waals surface area contributed by atoms with Gasteiger partial charge in [-0.25, -0.2) is 4.98 Å². The summed E-state index contributed by atoms with van der Waals surface area (Å²) in [6.07, 6.45) is 8.09. The first kappa shape index (κ1) is 15.6. The summed E-state index contributed by atoms with van der Waals surface area (Å²) >= 11 is 0. The van der Waals surface area contributed by atoms with Crippen molar-refractivity contribution in [2.75, 3.05) is 13.1 Å². The number of hydrogen-bond donors (Lipinski definition) is 3. The Kier molecular flexibility index (Phi) is 6.50. The van der Waals surface area contributed by atoms with Crippen molar-refractivity contribution in [2.24, 2.45) is 4.99 Å². The number of aromatic nitrogens is 2. The Morgan fingerprint density at radius 3 is 2.86 bits per heavy atom. The quantitative estimate of drug-likeness (QED) is 0.238. The number of nitrogens with one attached hydrogen (secondary N) is 3. The minimum atomic E-state index is 0.531. The summed E-state index contributed by atoms with van der Waals surface area (Å²) in [4.78, 5) is 11.4. The van der Waals surface area contributed by atoms with Crippen LogP contribution in [0.25, 0.3) is 0 Å². The smallest absolute Gasteiger partial charge is 0.204 e. The Bertz CT molecular complexity index is 597. The fraction of sp³-hybridized carbons (Fsp3) is 0.312. The van der Waals surface area contributed by atoms with E-state index in [0.29, 0.717) is 12.5 Å². The summed E-state index contributed by atoms with van der Waals surface area (Å²) in [6.45, 7) is 1.39. The molecule has 0 spiro atoms. The minimum absolute atomic E-state index is 0.531. The molecular formula is C16H20N6. The third-order valence-electron chi connectivity index (χ3n) is 3.15. The highest BCUT2D eigenvalue weighted by molar-refractivity contribution is 5.81. The van der Waals surface area contributed by atoms with E-state index >= 15 is 0 Å². The number of guanidine groups is 1. The molecule has 6 nitrogen and oxygen atoms in total. The van der Waals surface area contributed by atoms with Gasteiger partial charge in [0, 0.05) is 25.0 Å². The maximum atomic E-state index is 8.76. The first-order valence-corrected chi connectivity index (χ1v) is 7.33. The Labute approximate surface area is 130 Å². The molecule has 0 fully saturated rings. The lowest BCUT2D eigenvalue weighted by atomic mass is 10.1. The molecule has 0 atom stereocenters. The van der Waals surface area contributed by atoms with Crippen LogP contribution in [-0.4, -0.2) is 29.0 Å². The summed E-state index contributed by atoms with van der Waals surface area (Å²) in [6, 6.07) is 10.2. The Hall–Kier alpha value is -2.81. The predicted molar refractivity (Wildman–Crippen MR) is 86.1 cm³/mol. The van der Waals surface area contributed by atoms with E-state index in [2.05, 4.69) is 37.7 Å². The minimum Gasteiger partial charge on any atom is -0.355 e. The molecule has 1 aromatic carbocycles. The molecule has 0 amide bonds. The molecule has 1 heterocycles. The monoisotopic (exact) mass is 296 g/mol. The van der Waals surface area contributed by atoms with E-state index in [1.165, 1.54) is 5.56 Å². The molecular weight excluding hydrogens is 276 g/mol. The topological polar surface area (TPSA) is 88.9 Å². The van der Waals surface area contributed by atoms with Crippen LogP contribution in [0.3, 0.4) is 0 Å². The molecule has 6 heteroatoms. The van der Waals surface area contributed by atoms with Crippen molar-refractivity contribution in [1.82, 2.24) is 20.6 Å². The van der Waals surface area contributed by atoms with Gasteiger partial charge in [0.2, 0.25) is 5.96 Å². The highest BCUT2D eigenvalue weighted by atomic mass is 15.2. The molecule has 22 heavy (non-hydrogen) atoms. The molecule has 0 aliphatic rings. The number of nitriles is 1.